The van der Waals surface area contributed by atoms with Gasteiger partial charge < -0.3 is 19.1 Å². The number of esters is 1. The molecule has 0 aromatic heterocycles. The minimum atomic E-state index is -0.505. The molecule has 0 aliphatic carbocycles. The van der Waals surface area contributed by atoms with Gasteiger partial charge in [0.25, 0.3) is 0 Å². The van der Waals surface area contributed by atoms with Crippen LogP contribution >= 0.6 is 0 Å². The second kappa shape index (κ2) is 7.81. The first kappa shape index (κ1) is 18.7. The molecule has 128 valence electrons. The highest BCUT2D eigenvalue weighted by Crippen LogP contribution is 2.29. The number of ether oxygens (including phenoxy) is 3. The van der Waals surface area contributed by atoms with E-state index in [1.54, 1.807) is 4.90 Å². The summed E-state index contributed by atoms with van der Waals surface area (Å²) in [6.45, 7) is 9.09. The van der Waals surface area contributed by atoms with Gasteiger partial charge in [0.1, 0.15) is 5.60 Å². The Bertz CT molecular complexity index is 390. The molecule has 1 saturated heterocycles. The van der Waals surface area contributed by atoms with Crippen LogP contribution in [0.5, 0.6) is 0 Å². The van der Waals surface area contributed by atoms with Crippen LogP contribution in [-0.2, 0) is 19.0 Å². The zero-order valence-corrected chi connectivity index (χ0v) is 14.4. The van der Waals surface area contributed by atoms with Gasteiger partial charge in [0, 0.05) is 6.54 Å². The van der Waals surface area contributed by atoms with Crippen LogP contribution in [0.4, 0.5) is 4.79 Å². The Morgan fingerprint density at radius 1 is 1.27 bits per heavy atom. The fourth-order valence-electron chi connectivity index (χ4n) is 2.54. The minimum absolute atomic E-state index is 0.227. The second-order valence-electron chi connectivity index (χ2n) is 6.72. The predicted octanol–water partition coefficient (Wildman–Crippen LogP) is 2.75. The predicted molar refractivity (Wildman–Crippen MR) is 82.6 cm³/mol. The molecule has 0 N–H and O–H groups in total. The molecule has 6 nitrogen and oxygen atoms in total. The fourth-order valence-corrected chi connectivity index (χ4v) is 2.54. The first-order valence-electron chi connectivity index (χ1n) is 7.90. The van der Waals surface area contributed by atoms with Crippen molar-refractivity contribution in [1.29, 1.82) is 0 Å². The zero-order valence-electron chi connectivity index (χ0n) is 14.4. The van der Waals surface area contributed by atoms with E-state index >= 15 is 0 Å². The average Bonchev–Trinajstić information content (AvgIpc) is 2.45. The number of carbonyl (C=O) groups is 2. The normalized spacial score (nSPS) is 22.3. The van der Waals surface area contributed by atoms with E-state index in [9.17, 15) is 9.59 Å². The topological polar surface area (TPSA) is 65.1 Å². The average molecular weight is 315 g/mol. The molecule has 6 heteroatoms. The van der Waals surface area contributed by atoms with Crippen LogP contribution in [0.1, 0.15) is 53.4 Å². The number of amides is 1. The van der Waals surface area contributed by atoms with Crippen molar-refractivity contribution in [2.45, 2.75) is 64.6 Å². The van der Waals surface area contributed by atoms with E-state index in [0.717, 1.165) is 19.3 Å². The SMILES string of the molecule is CCC1(OCCC(=O)OC)CCCN(C(=O)OC(C)(C)C)C1. The molecule has 0 bridgehead atoms. The summed E-state index contributed by atoms with van der Waals surface area (Å²) >= 11 is 0. The number of likely N-dealkylation sites (tertiary alicyclic amines) is 1. The molecule has 1 aliphatic heterocycles. The Hall–Kier alpha value is -1.30. The highest BCUT2D eigenvalue weighted by Gasteiger charge is 2.38. The third kappa shape index (κ3) is 5.83. The number of piperidine rings is 1. The Morgan fingerprint density at radius 3 is 2.50 bits per heavy atom. The fraction of sp³-hybridized carbons (Fsp3) is 0.875. The lowest BCUT2D eigenvalue weighted by atomic mass is 9.90. The molecule has 0 aromatic carbocycles. The van der Waals surface area contributed by atoms with Crippen LogP contribution in [0.15, 0.2) is 0 Å². The Kier molecular flexibility index (Phi) is 6.66. The van der Waals surface area contributed by atoms with E-state index in [0.29, 0.717) is 19.7 Å². The van der Waals surface area contributed by atoms with Gasteiger partial charge in [-0.15, -0.1) is 0 Å². The standard InChI is InChI=1S/C16H29NO5/c1-6-16(21-11-8-13(18)20-5)9-7-10-17(12-16)14(19)22-15(2,3)4/h6-12H2,1-5H3. The van der Waals surface area contributed by atoms with Crippen LogP contribution in [-0.4, -0.2) is 55.0 Å². The molecule has 0 spiro atoms. The highest BCUT2D eigenvalue weighted by molar-refractivity contribution is 5.69. The Labute approximate surface area is 133 Å². The zero-order chi connectivity index (χ0) is 16.8. The van der Waals surface area contributed by atoms with Crippen molar-refractivity contribution in [3.63, 3.8) is 0 Å². The lowest BCUT2D eigenvalue weighted by molar-refractivity contribution is -0.145. The van der Waals surface area contributed by atoms with E-state index in [-0.39, 0.29) is 18.5 Å². The van der Waals surface area contributed by atoms with Gasteiger partial charge >= 0.3 is 12.1 Å². The number of methoxy groups -OCH3 is 1. The number of hydrogen-bond acceptors (Lipinski definition) is 5. The smallest absolute Gasteiger partial charge is 0.410 e. The number of rotatable bonds is 5. The van der Waals surface area contributed by atoms with Crippen molar-refractivity contribution in [1.82, 2.24) is 4.90 Å². The summed E-state index contributed by atoms with van der Waals surface area (Å²) in [5.41, 5.74) is -0.904. The monoisotopic (exact) mass is 315 g/mol. The van der Waals surface area contributed by atoms with Crippen LogP contribution in [0, 0.1) is 0 Å². The summed E-state index contributed by atoms with van der Waals surface area (Å²) in [5, 5.41) is 0. The Balaban J connectivity index is 2.60. The van der Waals surface area contributed by atoms with Gasteiger partial charge in [-0.2, -0.15) is 0 Å². The molecular weight excluding hydrogens is 286 g/mol. The molecule has 1 atom stereocenters. The molecule has 1 unspecified atom stereocenters. The maximum Gasteiger partial charge on any atom is 0.410 e. The van der Waals surface area contributed by atoms with Crippen molar-refractivity contribution in [3.05, 3.63) is 0 Å². The van der Waals surface area contributed by atoms with Crippen LogP contribution in [0.2, 0.25) is 0 Å². The summed E-state index contributed by atoms with van der Waals surface area (Å²) in [5.74, 6) is -0.286. The van der Waals surface area contributed by atoms with E-state index in [1.165, 1.54) is 7.11 Å². The maximum atomic E-state index is 12.2. The quantitative estimate of drug-likeness (QED) is 0.730. The third-order valence-electron chi connectivity index (χ3n) is 3.78. The van der Waals surface area contributed by atoms with Crippen molar-refractivity contribution in [3.8, 4) is 0 Å². The Morgan fingerprint density at radius 2 is 1.95 bits per heavy atom. The molecular formula is C16H29NO5. The first-order valence-corrected chi connectivity index (χ1v) is 7.90. The molecule has 1 amide bonds. The lowest BCUT2D eigenvalue weighted by Crippen LogP contribution is -2.52. The summed E-state index contributed by atoms with van der Waals surface area (Å²) in [6.07, 6.45) is 2.45. The van der Waals surface area contributed by atoms with Crippen molar-refractivity contribution in [2.24, 2.45) is 0 Å². The first-order chi connectivity index (χ1) is 10.2. The molecule has 1 heterocycles. The largest absolute Gasteiger partial charge is 0.469 e. The maximum absolute atomic E-state index is 12.2. The number of carbonyl (C=O) groups excluding carboxylic acids is 2. The van der Waals surface area contributed by atoms with Crippen molar-refractivity contribution < 1.29 is 23.8 Å². The van der Waals surface area contributed by atoms with E-state index in [4.69, 9.17) is 9.47 Å². The molecule has 1 fully saturated rings. The summed E-state index contributed by atoms with van der Waals surface area (Å²) in [4.78, 5) is 25.1. The summed E-state index contributed by atoms with van der Waals surface area (Å²) in [7, 11) is 1.36. The van der Waals surface area contributed by atoms with E-state index in [2.05, 4.69) is 4.74 Å². The summed E-state index contributed by atoms with van der Waals surface area (Å²) in [6, 6.07) is 0. The van der Waals surface area contributed by atoms with Gasteiger partial charge in [0.05, 0.1) is 32.3 Å². The van der Waals surface area contributed by atoms with Gasteiger partial charge in [-0.25, -0.2) is 4.79 Å². The third-order valence-corrected chi connectivity index (χ3v) is 3.78. The number of hydrogen-bond donors (Lipinski definition) is 0. The molecule has 0 aromatic rings. The number of nitrogens with zero attached hydrogens (tertiary/aromatic N) is 1. The molecule has 0 saturated carbocycles. The second-order valence-corrected chi connectivity index (χ2v) is 6.72. The van der Waals surface area contributed by atoms with Gasteiger partial charge in [-0.3, -0.25) is 4.79 Å². The van der Waals surface area contributed by atoms with Gasteiger partial charge in [0.2, 0.25) is 0 Å². The summed E-state index contributed by atoms with van der Waals surface area (Å²) < 4.78 is 16.0. The van der Waals surface area contributed by atoms with Gasteiger partial charge in [-0.05, 0) is 40.0 Å². The van der Waals surface area contributed by atoms with Gasteiger partial charge in [0.15, 0.2) is 0 Å². The lowest BCUT2D eigenvalue weighted by Gasteiger charge is -2.42. The van der Waals surface area contributed by atoms with Crippen LogP contribution < -0.4 is 0 Å². The minimum Gasteiger partial charge on any atom is -0.469 e. The van der Waals surface area contributed by atoms with Crippen LogP contribution in [0.3, 0.4) is 0 Å². The van der Waals surface area contributed by atoms with Crippen molar-refractivity contribution in [2.75, 3.05) is 26.8 Å². The van der Waals surface area contributed by atoms with Gasteiger partial charge in [-0.1, -0.05) is 6.92 Å². The van der Waals surface area contributed by atoms with Crippen molar-refractivity contribution >= 4 is 12.1 Å². The van der Waals surface area contributed by atoms with E-state index < -0.39 is 11.2 Å². The molecule has 1 aliphatic rings. The van der Waals surface area contributed by atoms with Crippen LogP contribution in [0.25, 0.3) is 0 Å². The molecule has 1 rings (SSSR count). The molecule has 0 radical (unpaired) electrons. The van der Waals surface area contributed by atoms with E-state index in [1.807, 2.05) is 27.7 Å². The molecule has 22 heavy (non-hydrogen) atoms. The highest BCUT2D eigenvalue weighted by atomic mass is 16.6.